The standard InChI is InChI=1S/C16H25N3O5S/c1-12(20)19-13-5-6-14(24-3)15(9-13)25(21,22)18-10-16(11-23-2)7-4-8-17-16/h5-6,9,17-18H,4,7-8,10-11H2,1-3H3,(H,19,20). The van der Waals surface area contributed by atoms with E-state index in [0.717, 1.165) is 19.4 Å². The minimum atomic E-state index is -3.83. The van der Waals surface area contributed by atoms with Crippen LogP contribution < -0.4 is 20.1 Å². The van der Waals surface area contributed by atoms with Gasteiger partial charge in [0.2, 0.25) is 15.9 Å². The van der Waals surface area contributed by atoms with Crippen LogP contribution in [0.15, 0.2) is 23.1 Å². The van der Waals surface area contributed by atoms with E-state index in [4.69, 9.17) is 9.47 Å². The van der Waals surface area contributed by atoms with Gasteiger partial charge < -0.3 is 20.1 Å². The number of carbonyl (C=O) groups excluding carboxylic acids is 1. The number of ether oxygens (including phenoxy) is 2. The highest BCUT2D eigenvalue weighted by Crippen LogP contribution is 2.28. The lowest BCUT2D eigenvalue weighted by molar-refractivity contribution is -0.114. The number of methoxy groups -OCH3 is 2. The van der Waals surface area contributed by atoms with Gasteiger partial charge in [-0.25, -0.2) is 13.1 Å². The van der Waals surface area contributed by atoms with E-state index in [1.54, 1.807) is 13.2 Å². The van der Waals surface area contributed by atoms with Crippen LogP contribution in [0.2, 0.25) is 0 Å². The third-order valence-electron chi connectivity index (χ3n) is 4.13. The fraction of sp³-hybridized carbons (Fsp3) is 0.562. The molecule has 0 spiro atoms. The van der Waals surface area contributed by atoms with Crippen molar-refractivity contribution in [2.24, 2.45) is 0 Å². The van der Waals surface area contributed by atoms with E-state index < -0.39 is 15.6 Å². The molecule has 3 N–H and O–H groups in total. The van der Waals surface area contributed by atoms with Crippen LogP contribution in [-0.4, -0.2) is 53.8 Å². The van der Waals surface area contributed by atoms with Crippen molar-refractivity contribution in [1.82, 2.24) is 10.0 Å². The zero-order chi connectivity index (χ0) is 18.5. The molecular formula is C16H25N3O5S. The Morgan fingerprint density at radius 2 is 2.12 bits per heavy atom. The van der Waals surface area contributed by atoms with Gasteiger partial charge in [-0.15, -0.1) is 0 Å². The Balaban J connectivity index is 2.24. The van der Waals surface area contributed by atoms with E-state index in [9.17, 15) is 13.2 Å². The number of sulfonamides is 1. The molecule has 1 aliphatic rings. The van der Waals surface area contributed by atoms with Gasteiger partial charge in [0, 0.05) is 26.3 Å². The van der Waals surface area contributed by atoms with E-state index in [0.29, 0.717) is 12.3 Å². The maximum atomic E-state index is 12.8. The molecule has 8 nitrogen and oxygen atoms in total. The Hall–Kier alpha value is -1.68. The van der Waals surface area contributed by atoms with Crippen molar-refractivity contribution in [1.29, 1.82) is 0 Å². The molecule has 140 valence electrons. The molecule has 1 heterocycles. The largest absolute Gasteiger partial charge is 0.495 e. The first kappa shape index (κ1) is 19.6. The molecule has 2 rings (SSSR count). The average molecular weight is 371 g/mol. The highest BCUT2D eigenvalue weighted by Gasteiger charge is 2.35. The van der Waals surface area contributed by atoms with Crippen molar-refractivity contribution in [3.8, 4) is 5.75 Å². The van der Waals surface area contributed by atoms with Gasteiger partial charge in [0.05, 0.1) is 19.3 Å². The fourth-order valence-corrected chi connectivity index (χ4v) is 4.27. The highest BCUT2D eigenvalue weighted by atomic mass is 32.2. The van der Waals surface area contributed by atoms with Gasteiger partial charge in [0.25, 0.3) is 0 Å². The van der Waals surface area contributed by atoms with Crippen LogP contribution in [0.25, 0.3) is 0 Å². The molecule has 1 saturated heterocycles. The van der Waals surface area contributed by atoms with Crippen molar-refractivity contribution in [3.63, 3.8) is 0 Å². The van der Waals surface area contributed by atoms with Crippen LogP contribution in [0.1, 0.15) is 19.8 Å². The molecular weight excluding hydrogens is 346 g/mol. The van der Waals surface area contributed by atoms with Gasteiger partial charge in [-0.2, -0.15) is 0 Å². The number of hydrogen-bond acceptors (Lipinski definition) is 6. The van der Waals surface area contributed by atoms with E-state index in [-0.39, 0.29) is 23.1 Å². The molecule has 0 aromatic heterocycles. The minimum absolute atomic E-state index is 0.0215. The van der Waals surface area contributed by atoms with Crippen molar-refractivity contribution < 1.29 is 22.7 Å². The number of amides is 1. The third kappa shape index (κ3) is 4.91. The second-order valence-electron chi connectivity index (χ2n) is 6.12. The number of hydrogen-bond donors (Lipinski definition) is 3. The van der Waals surface area contributed by atoms with Crippen LogP contribution in [0, 0.1) is 0 Å². The maximum Gasteiger partial charge on any atom is 0.244 e. The van der Waals surface area contributed by atoms with Crippen molar-refractivity contribution in [2.75, 3.05) is 39.2 Å². The SMILES string of the molecule is COCC1(CNS(=O)(=O)c2cc(NC(C)=O)ccc2OC)CCCN1. The summed E-state index contributed by atoms with van der Waals surface area (Å²) < 4.78 is 38.6. The summed E-state index contributed by atoms with van der Waals surface area (Å²) in [6.07, 6.45) is 1.79. The van der Waals surface area contributed by atoms with Gasteiger partial charge in [-0.1, -0.05) is 0 Å². The van der Waals surface area contributed by atoms with Crippen LogP contribution in [0.3, 0.4) is 0 Å². The predicted octanol–water partition coefficient (Wildman–Crippen LogP) is 0.701. The fourth-order valence-electron chi connectivity index (χ4n) is 2.95. The van der Waals surface area contributed by atoms with Crippen LogP contribution in [0.5, 0.6) is 5.75 Å². The van der Waals surface area contributed by atoms with Gasteiger partial charge in [-0.05, 0) is 37.6 Å². The molecule has 0 bridgehead atoms. The quantitative estimate of drug-likeness (QED) is 0.621. The molecule has 9 heteroatoms. The molecule has 0 saturated carbocycles. The first-order valence-electron chi connectivity index (χ1n) is 8.01. The van der Waals surface area contributed by atoms with Crippen molar-refractivity contribution >= 4 is 21.6 Å². The van der Waals surface area contributed by atoms with Crippen LogP contribution in [0.4, 0.5) is 5.69 Å². The minimum Gasteiger partial charge on any atom is -0.495 e. The monoisotopic (exact) mass is 371 g/mol. The summed E-state index contributed by atoms with van der Waals surface area (Å²) in [6.45, 7) is 2.80. The second kappa shape index (κ2) is 8.13. The van der Waals surface area contributed by atoms with Gasteiger partial charge >= 0.3 is 0 Å². The van der Waals surface area contributed by atoms with E-state index in [1.165, 1.54) is 26.2 Å². The number of benzene rings is 1. The van der Waals surface area contributed by atoms with Crippen LogP contribution >= 0.6 is 0 Å². The topological polar surface area (TPSA) is 106 Å². The smallest absolute Gasteiger partial charge is 0.244 e. The van der Waals surface area contributed by atoms with Gasteiger partial charge in [-0.3, -0.25) is 4.79 Å². The van der Waals surface area contributed by atoms with E-state index in [1.807, 2.05) is 0 Å². The Labute approximate surface area is 148 Å². The molecule has 1 amide bonds. The van der Waals surface area contributed by atoms with Crippen LogP contribution in [-0.2, 0) is 19.6 Å². The molecule has 1 fully saturated rings. The molecule has 1 atom stereocenters. The predicted molar refractivity (Wildman–Crippen MR) is 94.3 cm³/mol. The van der Waals surface area contributed by atoms with E-state index in [2.05, 4.69) is 15.4 Å². The summed E-state index contributed by atoms with van der Waals surface area (Å²) >= 11 is 0. The Morgan fingerprint density at radius 1 is 1.36 bits per heavy atom. The lowest BCUT2D eigenvalue weighted by Crippen LogP contribution is -2.52. The molecule has 0 radical (unpaired) electrons. The molecule has 1 aliphatic heterocycles. The Kier molecular flexibility index (Phi) is 6.39. The first-order chi connectivity index (χ1) is 11.8. The third-order valence-corrected chi connectivity index (χ3v) is 5.55. The normalized spacial score (nSPS) is 20.4. The highest BCUT2D eigenvalue weighted by molar-refractivity contribution is 7.89. The summed E-state index contributed by atoms with van der Waals surface area (Å²) in [7, 11) is -0.833. The number of rotatable bonds is 8. The number of nitrogens with one attached hydrogen (secondary N) is 3. The van der Waals surface area contributed by atoms with Gasteiger partial charge in [0.15, 0.2) is 0 Å². The summed E-state index contributed by atoms with van der Waals surface area (Å²) in [6, 6.07) is 4.48. The maximum absolute atomic E-state index is 12.8. The number of anilines is 1. The lowest BCUT2D eigenvalue weighted by atomic mass is 9.99. The Morgan fingerprint density at radius 3 is 2.68 bits per heavy atom. The summed E-state index contributed by atoms with van der Waals surface area (Å²) in [4.78, 5) is 11.2. The molecule has 0 aliphatic carbocycles. The van der Waals surface area contributed by atoms with E-state index >= 15 is 0 Å². The number of carbonyl (C=O) groups is 1. The zero-order valence-electron chi connectivity index (χ0n) is 14.7. The summed E-state index contributed by atoms with van der Waals surface area (Å²) in [5.74, 6) is -0.0718. The molecule has 1 aromatic rings. The average Bonchev–Trinajstić information content (AvgIpc) is 3.02. The summed E-state index contributed by atoms with van der Waals surface area (Å²) in [5.41, 5.74) is -0.0242. The van der Waals surface area contributed by atoms with Crippen molar-refractivity contribution in [3.05, 3.63) is 18.2 Å². The molecule has 1 aromatic carbocycles. The zero-order valence-corrected chi connectivity index (χ0v) is 15.5. The lowest BCUT2D eigenvalue weighted by Gasteiger charge is -2.29. The summed E-state index contributed by atoms with van der Waals surface area (Å²) in [5, 5.41) is 5.90. The van der Waals surface area contributed by atoms with Crippen molar-refractivity contribution in [2.45, 2.75) is 30.2 Å². The molecule has 1 unspecified atom stereocenters. The van der Waals surface area contributed by atoms with Gasteiger partial charge in [0.1, 0.15) is 10.6 Å². The first-order valence-corrected chi connectivity index (χ1v) is 9.49. The molecule has 25 heavy (non-hydrogen) atoms. The second-order valence-corrected chi connectivity index (χ2v) is 7.85. The Bertz CT molecular complexity index is 714.